The third-order valence-corrected chi connectivity index (χ3v) is 12.4. The zero-order valence-corrected chi connectivity index (χ0v) is 36.1. The Balaban J connectivity index is 0.789. The van der Waals surface area contributed by atoms with Crippen LogP contribution in [-0.2, 0) is 77.5 Å². The fourth-order valence-corrected chi connectivity index (χ4v) is 8.88. The zero-order chi connectivity index (χ0) is 44.6. The Morgan fingerprint density at radius 1 is 0.857 bits per heavy atom. The number of aromatic nitrogens is 2. The van der Waals surface area contributed by atoms with Crippen LogP contribution in [0.3, 0.4) is 0 Å². The summed E-state index contributed by atoms with van der Waals surface area (Å²) in [4.78, 5) is 77.6. The molecule has 1 fully saturated rings. The molecular formula is C47H59N7O9. The molecule has 16 nitrogen and oxygen atoms in total. The highest BCUT2D eigenvalue weighted by Crippen LogP contribution is 2.39. The molecular weight excluding hydrogens is 807 g/mol. The summed E-state index contributed by atoms with van der Waals surface area (Å²) in [7, 11) is 1.69. The highest BCUT2D eigenvalue weighted by molar-refractivity contribution is 6.07. The number of nitrogens with zero attached hydrogens (tertiary/aromatic N) is 3. The van der Waals surface area contributed by atoms with E-state index < -0.39 is 42.1 Å². The molecule has 336 valence electrons. The van der Waals surface area contributed by atoms with Crippen LogP contribution in [0.1, 0.15) is 85.7 Å². The van der Waals surface area contributed by atoms with Crippen LogP contribution in [0.4, 0.5) is 5.69 Å². The van der Waals surface area contributed by atoms with Gasteiger partial charge in [0.1, 0.15) is 12.1 Å². The molecule has 1 aromatic heterocycles. The number of rotatable bonds is 21. The van der Waals surface area contributed by atoms with Crippen LogP contribution in [0.5, 0.6) is 0 Å². The van der Waals surface area contributed by atoms with Gasteiger partial charge in [-0.05, 0) is 98.2 Å². The minimum atomic E-state index is -0.741. The van der Waals surface area contributed by atoms with Crippen molar-refractivity contribution in [3.05, 3.63) is 99.0 Å². The average Bonchev–Trinajstić information content (AvgIpc) is 3.74. The van der Waals surface area contributed by atoms with Crippen molar-refractivity contribution in [2.75, 3.05) is 31.3 Å². The minimum Gasteiger partial charge on any atom is -0.379 e. The Kier molecular flexibility index (Phi) is 14.9. The number of aryl methyl sites for hydroxylation is 4. The number of fused-ring (bicyclic) bond motifs is 1. The van der Waals surface area contributed by atoms with Crippen molar-refractivity contribution < 1.29 is 38.2 Å². The average molecular weight is 866 g/mol. The zero-order valence-electron chi connectivity index (χ0n) is 36.1. The Morgan fingerprint density at radius 3 is 2.25 bits per heavy atom. The van der Waals surface area contributed by atoms with E-state index in [0.717, 1.165) is 59.1 Å². The van der Waals surface area contributed by atoms with Crippen molar-refractivity contribution in [2.24, 2.45) is 18.5 Å². The smallest absolute Gasteiger partial charge is 0.329 e. The lowest BCUT2D eigenvalue weighted by Crippen LogP contribution is -2.55. The molecule has 4 aromatic rings. The third-order valence-electron chi connectivity index (χ3n) is 12.4. The molecule has 3 unspecified atom stereocenters. The first kappa shape index (κ1) is 45.3. The van der Waals surface area contributed by atoms with Crippen molar-refractivity contribution in [1.82, 2.24) is 19.8 Å². The van der Waals surface area contributed by atoms with Gasteiger partial charge in [0, 0.05) is 39.5 Å². The molecule has 3 aliphatic heterocycles. The molecule has 4 heterocycles. The number of nitrogens with two attached hydrogens (primary N) is 2. The van der Waals surface area contributed by atoms with Crippen LogP contribution in [0.25, 0.3) is 11.0 Å². The number of hydrogen-bond donors (Lipinski definition) is 4. The molecule has 0 radical (unpaired) electrons. The van der Waals surface area contributed by atoms with Crippen LogP contribution in [0, 0.1) is 0 Å². The summed E-state index contributed by atoms with van der Waals surface area (Å²) in [6.45, 7) is 4.33. The van der Waals surface area contributed by atoms with E-state index in [2.05, 4.69) is 22.8 Å². The van der Waals surface area contributed by atoms with Gasteiger partial charge in [0.2, 0.25) is 29.5 Å². The molecule has 3 aromatic carbocycles. The van der Waals surface area contributed by atoms with Crippen LogP contribution in [-0.4, -0.2) is 89.3 Å². The number of anilines is 1. The van der Waals surface area contributed by atoms with Crippen molar-refractivity contribution >= 4 is 46.3 Å². The summed E-state index contributed by atoms with van der Waals surface area (Å²) in [5.41, 5.74) is 18.8. The number of imide groups is 1. The van der Waals surface area contributed by atoms with Gasteiger partial charge in [0.15, 0.2) is 0 Å². The predicted molar refractivity (Wildman–Crippen MR) is 236 cm³/mol. The van der Waals surface area contributed by atoms with E-state index in [1.165, 1.54) is 10.1 Å². The second kappa shape index (κ2) is 20.7. The van der Waals surface area contributed by atoms with Gasteiger partial charge in [-0.25, -0.2) is 4.79 Å². The molecule has 3 aliphatic rings. The van der Waals surface area contributed by atoms with E-state index in [-0.39, 0.29) is 36.3 Å². The number of benzene rings is 3. The number of amides is 5. The number of piperidine rings is 1. The fourth-order valence-electron chi connectivity index (χ4n) is 8.88. The third kappa shape index (κ3) is 10.8. The Hall–Kier alpha value is -5.68. The lowest BCUT2D eigenvalue weighted by molar-refractivity contribution is -0.135. The van der Waals surface area contributed by atoms with Gasteiger partial charge in [-0.2, -0.15) is 0 Å². The number of nitrogens with one attached hydrogen (secondary N) is 2. The van der Waals surface area contributed by atoms with Gasteiger partial charge in [0.05, 0.1) is 54.7 Å². The standard InChI is InChI=1S/C47H59N7O9/c1-29(36(17-20-41(49)55)50-45(58)40-27-34-9-3-8-33-15-16-35(48)46(59)54(40)43(33)34)63-28-32-12-10-30(11-13-32)6-4-22-61-24-25-62-23-5-7-31-14-18-37-39(26-31)52(2)47(60)53(37)38-19-21-42(56)51-44(38)57/h3,8-14,18,26,29,35-36,38,40H,4-7,15-17,19-25,27-28,48H2,1-2H3,(H2,49,55)(H,50,58)(H,51,56,57)/t29?,35-,36?,38?,40-/m0/s1. The van der Waals surface area contributed by atoms with Gasteiger partial charge in [-0.1, -0.05) is 48.5 Å². The van der Waals surface area contributed by atoms with Gasteiger partial charge in [-0.15, -0.1) is 0 Å². The summed E-state index contributed by atoms with van der Waals surface area (Å²) in [5.74, 6) is -1.80. The van der Waals surface area contributed by atoms with E-state index in [1.807, 2.05) is 55.5 Å². The first-order valence-corrected chi connectivity index (χ1v) is 22.1. The number of carbonyl (C=O) groups is 5. The van der Waals surface area contributed by atoms with Crippen LogP contribution < -0.4 is 32.7 Å². The Morgan fingerprint density at radius 2 is 1.54 bits per heavy atom. The normalized spacial score (nSPS) is 19.4. The molecule has 63 heavy (non-hydrogen) atoms. The molecule has 7 rings (SSSR count). The number of imidazole rings is 1. The maximum Gasteiger partial charge on any atom is 0.329 e. The topological polar surface area (TPSA) is 219 Å². The minimum absolute atomic E-state index is 0.0744. The second-order valence-corrected chi connectivity index (χ2v) is 16.9. The van der Waals surface area contributed by atoms with E-state index >= 15 is 0 Å². The van der Waals surface area contributed by atoms with Crippen molar-refractivity contribution in [3.63, 3.8) is 0 Å². The molecule has 0 spiro atoms. The molecule has 5 amide bonds. The predicted octanol–water partition coefficient (Wildman–Crippen LogP) is 2.80. The first-order chi connectivity index (χ1) is 30.4. The second-order valence-electron chi connectivity index (χ2n) is 16.9. The van der Waals surface area contributed by atoms with Gasteiger partial charge >= 0.3 is 5.69 Å². The quantitative estimate of drug-likeness (QED) is 0.0709. The summed E-state index contributed by atoms with van der Waals surface area (Å²) < 4.78 is 20.9. The maximum absolute atomic E-state index is 13.8. The summed E-state index contributed by atoms with van der Waals surface area (Å²) >= 11 is 0. The molecule has 0 aliphatic carbocycles. The number of para-hydroxylation sites is 1. The monoisotopic (exact) mass is 865 g/mol. The van der Waals surface area contributed by atoms with E-state index in [9.17, 15) is 28.8 Å². The number of hydrogen-bond acceptors (Lipinski definition) is 10. The van der Waals surface area contributed by atoms with Crippen LogP contribution >= 0.6 is 0 Å². The molecule has 6 N–H and O–H groups in total. The summed E-state index contributed by atoms with van der Waals surface area (Å²) in [6.07, 6.45) is 5.28. The highest BCUT2D eigenvalue weighted by Gasteiger charge is 2.43. The molecule has 0 bridgehead atoms. The number of ether oxygens (including phenoxy) is 3. The molecule has 0 saturated carbocycles. The lowest BCUT2D eigenvalue weighted by atomic mass is 10.0. The van der Waals surface area contributed by atoms with Crippen LogP contribution in [0.15, 0.2) is 65.5 Å². The van der Waals surface area contributed by atoms with E-state index in [4.69, 9.17) is 25.7 Å². The number of primary amides is 1. The molecule has 1 saturated heterocycles. The summed E-state index contributed by atoms with van der Waals surface area (Å²) in [6, 6.07) is 17.2. The molecule has 16 heteroatoms. The van der Waals surface area contributed by atoms with Crippen molar-refractivity contribution in [2.45, 2.75) is 114 Å². The molecule has 5 atom stereocenters. The van der Waals surface area contributed by atoms with E-state index in [0.29, 0.717) is 70.7 Å². The fraction of sp³-hybridized carbons (Fsp3) is 0.489. The van der Waals surface area contributed by atoms with E-state index in [1.54, 1.807) is 16.5 Å². The van der Waals surface area contributed by atoms with Crippen LogP contribution in [0.2, 0.25) is 0 Å². The number of carbonyl (C=O) groups excluding carboxylic acids is 5. The van der Waals surface area contributed by atoms with Gasteiger partial charge < -0.3 is 31.0 Å². The van der Waals surface area contributed by atoms with Crippen molar-refractivity contribution in [3.8, 4) is 0 Å². The maximum atomic E-state index is 13.8. The highest BCUT2D eigenvalue weighted by atomic mass is 16.5. The van der Waals surface area contributed by atoms with Gasteiger partial charge in [-0.3, -0.25) is 43.3 Å². The SMILES string of the molecule is CC(OCc1ccc(CCCOCCOCCCc2ccc3c(c2)n(C)c(=O)n3C2CCC(=O)NC2=O)cc1)C(CCC(N)=O)NC(=O)[C@@H]1Cc2cccc3c2N1C(=O)[C@@H](N)CC3. The lowest BCUT2D eigenvalue weighted by Gasteiger charge is -2.30. The van der Waals surface area contributed by atoms with Gasteiger partial charge in [0.25, 0.3) is 0 Å². The Bertz CT molecular complexity index is 2370. The largest absolute Gasteiger partial charge is 0.379 e. The summed E-state index contributed by atoms with van der Waals surface area (Å²) in [5, 5.41) is 5.42. The van der Waals surface area contributed by atoms with Crippen molar-refractivity contribution in [1.29, 1.82) is 0 Å². The first-order valence-electron chi connectivity index (χ1n) is 22.1. The Labute approximate surface area is 366 Å².